The fraction of sp³-hybridized carbons (Fsp3) is 0.243. The molecule has 0 radical (unpaired) electrons. The van der Waals surface area contributed by atoms with Gasteiger partial charge in [0.25, 0.3) is 0 Å². The molecule has 1 aliphatic heterocycles. The molecule has 0 fully saturated rings. The van der Waals surface area contributed by atoms with Gasteiger partial charge in [-0.2, -0.15) is 0 Å². The number of para-hydroxylation sites is 2. The van der Waals surface area contributed by atoms with Gasteiger partial charge in [-0.05, 0) is 75.2 Å². The molecule has 0 saturated carbocycles. The fourth-order valence-corrected chi connectivity index (χ4v) is 6.42. The van der Waals surface area contributed by atoms with E-state index in [1.807, 2.05) is 52.0 Å². The van der Waals surface area contributed by atoms with Crippen molar-refractivity contribution >= 4 is 57.9 Å². The summed E-state index contributed by atoms with van der Waals surface area (Å²) in [6.45, 7) is 12.3. The fourth-order valence-electron chi connectivity index (χ4n) is 6.09. The second kappa shape index (κ2) is 11.1. The number of hydrogen-bond acceptors (Lipinski definition) is 5. The molecule has 0 aromatic heterocycles. The number of Topliss-reactive ketones (excluding diaryl/α,β-unsaturated/α-hetero) is 2. The monoisotopic (exact) mass is 625 g/mol. The van der Waals surface area contributed by atoms with Crippen molar-refractivity contribution in [2.75, 3.05) is 4.90 Å². The van der Waals surface area contributed by atoms with Crippen LogP contribution < -0.4 is 14.4 Å². The Morgan fingerprint density at radius 3 is 1.66 bits per heavy atom. The third-order valence-electron chi connectivity index (χ3n) is 8.03. The number of hydrogen-bond donors (Lipinski definition) is 0. The molecule has 0 atom stereocenters. The quantitative estimate of drug-likeness (QED) is 0.158. The molecule has 0 unspecified atom stereocenters. The summed E-state index contributed by atoms with van der Waals surface area (Å²) in [7, 11) is 0. The summed E-state index contributed by atoms with van der Waals surface area (Å²) >= 11 is 12.4. The zero-order valence-electron chi connectivity index (χ0n) is 25.5. The minimum absolute atomic E-state index is 0.0191. The van der Waals surface area contributed by atoms with E-state index in [1.54, 1.807) is 6.08 Å². The smallest absolute Gasteiger partial charge is 0.197 e. The molecular weight excluding hydrogens is 593 g/mol. The first-order valence-electron chi connectivity index (χ1n) is 14.7. The van der Waals surface area contributed by atoms with Crippen LogP contribution in [0.2, 0.25) is 10.0 Å². The van der Waals surface area contributed by atoms with Crippen LogP contribution >= 0.6 is 23.2 Å². The average Bonchev–Trinajstić information content (AvgIpc) is 3.18. The van der Waals surface area contributed by atoms with Crippen LogP contribution in [0.15, 0.2) is 78.4 Å². The van der Waals surface area contributed by atoms with Gasteiger partial charge in [-0.25, -0.2) is 0 Å². The van der Waals surface area contributed by atoms with Gasteiger partial charge >= 0.3 is 0 Å². The topological polar surface area (TPSA) is 55.8 Å². The first-order valence-corrected chi connectivity index (χ1v) is 15.4. The number of ether oxygens (including phenoxy) is 2. The van der Waals surface area contributed by atoms with Crippen LogP contribution in [-0.4, -0.2) is 23.8 Å². The van der Waals surface area contributed by atoms with Crippen LogP contribution in [-0.2, 0) is 5.41 Å². The number of ketones is 2. The zero-order valence-corrected chi connectivity index (χ0v) is 27.0. The number of rotatable bonds is 6. The summed E-state index contributed by atoms with van der Waals surface area (Å²) < 4.78 is 12.8. The maximum atomic E-state index is 13.4. The lowest BCUT2D eigenvalue weighted by Gasteiger charge is -2.42. The normalized spacial score (nSPS) is 15.0. The predicted molar refractivity (Wildman–Crippen MR) is 178 cm³/mol. The van der Waals surface area contributed by atoms with E-state index in [2.05, 4.69) is 55.1 Å². The molecule has 0 N–H and O–H groups in total. The predicted octanol–water partition coefficient (Wildman–Crippen LogP) is 10.1. The number of carbonyl (C=O) groups is 2. The van der Waals surface area contributed by atoms with Gasteiger partial charge < -0.3 is 14.4 Å². The van der Waals surface area contributed by atoms with Crippen molar-refractivity contribution in [2.24, 2.45) is 0 Å². The zero-order chi connectivity index (χ0) is 31.5. The van der Waals surface area contributed by atoms with Gasteiger partial charge in [-0.15, -0.1) is 0 Å². The van der Waals surface area contributed by atoms with Crippen molar-refractivity contribution in [1.82, 2.24) is 0 Å². The van der Waals surface area contributed by atoms with Gasteiger partial charge in [0.1, 0.15) is 11.5 Å². The molecule has 0 bridgehead atoms. The largest absolute Gasteiger partial charge is 0.490 e. The lowest BCUT2D eigenvalue weighted by molar-refractivity contribution is 0.0990. The van der Waals surface area contributed by atoms with Gasteiger partial charge in [0.2, 0.25) is 0 Å². The Labute approximate surface area is 268 Å². The average molecular weight is 627 g/mol. The Hall–Kier alpha value is -4.06. The molecule has 0 amide bonds. The first-order chi connectivity index (χ1) is 20.9. The summed E-state index contributed by atoms with van der Waals surface area (Å²) in [5.41, 5.74) is 6.06. The molecule has 1 aliphatic carbocycles. The lowest BCUT2D eigenvalue weighted by atomic mass is 9.73. The van der Waals surface area contributed by atoms with E-state index in [0.29, 0.717) is 17.1 Å². The summed E-state index contributed by atoms with van der Waals surface area (Å²) in [6, 6.07) is 23.5. The minimum Gasteiger partial charge on any atom is -0.490 e. The number of fused-ring (bicyclic) bond motifs is 3. The van der Waals surface area contributed by atoms with E-state index in [1.165, 1.54) is 23.3 Å². The maximum Gasteiger partial charge on any atom is 0.197 e. The minimum atomic E-state index is -0.407. The summed E-state index contributed by atoms with van der Waals surface area (Å²) in [5, 5.41) is 0.442. The van der Waals surface area contributed by atoms with Crippen LogP contribution in [0.3, 0.4) is 0 Å². The van der Waals surface area contributed by atoms with E-state index >= 15 is 0 Å². The number of allylic oxidation sites excluding steroid dienone is 1. The molecule has 224 valence electrons. The number of halogens is 2. The SMILES string of the molecule is CC(C)Oc1cc(N2c3ccccc3C(C)(C)c3ccccc32)c(OC(C)C)cc1C=C1C(=O)c2cc(Cl)c(Cl)cc2C1=O. The maximum absolute atomic E-state index is 13.4. The van der Waals surface area contributed by atoms with Crippen molar-refractivity contribution in [3.05, 3.63) is 116 Å². The van der Waals surface area contributed by atoms with Crippen LogP contribution in [0.5, 0.6) is 11.5 Å². The first kappa shape index (κ1) is 30.0. The van der Waals surface area contributed by atoms with E-state index in [0.717, 1.165) is 17.1 Å². The van der Waals surface area contributed by atoms with E-state index in [-0.39, 0.29) is 44.4 Å². The van der Waals surface area contributed by atoms with Crippen LogP contribution in [0.1, 0.15) is 78.9 Å². The van der Waals surface area contributed by atoms with Crippen molar-refractivity contribution in [3.63, 3.8) is 0 Å². The van der Waals surface area contributed by atoms with Crippen molar-refractivity contribution in [2.45, 2.75) is 59.2 Å². The second-order valence-corrected chi connectivity index (χ2v) is 13.0. The van der Waals surface area contributed by atoms with Gasteiger partial charge in [-0.1, -0.05) is 73.4 Å². The number of nitrogens with zero attached hydrogens (tertiary/aromatic N) is 1. The van der Waals surface area contributed by atoms with Crippen LogP contribution in [0, 0.1) is 0 Å². The van der Waals surface area contributed by atoms with Crippen LogP contribution in [0.4, 0.5) is 17.1 Å². The molecule has 0 saturated heterocycles. The van der Waals surface area contributed by atoms with Crippen molar-refractivity contribution in [3.8, 4) is 11.5 Å². The molecule has 6 rings (SSSR count). The Kier molecular flexibility index (Phi) is 7.59. The molecule has 5 nitrogen and oxygen atoms in total. The molecule has 4 aromatic rings. The van der Waals surface area contributed by atoms with Gasteiger partial charge in [0.15, 0.2) is 11.6 Å². The summed E-state index contributed by atoms with van der Waals surface area (Å²) in [5.74, 6) is 0.297. The molecule has 1 heterocycles. The molecule has 4 aromatic carbocycles. The third kappa shape index (κ3) is 4.98. The lowest BCUT2D eigenvalue weighted by Crippen LogP contribution is -2.30. The van der Waals surface area contributed by atoms with E-state index < -0.39 is 11.6 Å². The number of benzene rings is 4. The standard InChI is InChI=1S/C37H33Cl2NO4/c1-20(2)43-33-19-32(40-30-13-9-7-11-26(30)37(5,6)27-12-8-10-14-31(27)40)34(44-21(3)4)16-22(33)15-25-35(41)23-17-28(38)29(39)18-24(23)36(25)42/h7-21H,1-6H3. The number of carbonyl (C=O) groups excluding carboxylic acids is 2. The van der Waals surface area contributed by atoms with Gasteiger partial charge in [-0.3, -0.25) is 9.59 Å². The molecular formula is C37H33Cl2NO4. The number of anilines is 3. The highest BCUT2D eigenvalue weighted by Crippen LogP contribution is 2.54. The molecule has 7 heteroatoms. The van der Waals surface area contributed by atoms with Gasteiger partial charge in [0.05, 0.1) is 44.9 Å². The summed E-state index contributed by atoms with van der Waals surface area (Å²) in [4.78, 5) is 29.1. The van der Waals surface area contributed by atoms with E-state index in [9.17, 15) is 9.59 Å². The van der Waals surface area contributed by atoms with Crippen molar-refractivity contribution in [1.29, 1.82) is 0 Å². The molecule has 0 spiro atoms. The Bertz CT molecular complexity index is 1780. The Morgan fingerprint density at radius 1 is 0.682 bits per heavy atom. The van der Waals surface area contributed by atoms with Crippen LogP contribution in [0.25, 0.3) is 6.08 Å². The summed E-state index contributed by atoms with van der Waals surface area (Å²) in [6.07, 6.45) is 1.25. The highest BCUT2D eigenvalue weighted by molar-refractivity contribution is 6.46. The third-order valence-corrected chi connectivity index (χ3v) is 8.76. The van der Waals surface area contributed by atoms with Crippen molar-refractivity contribution < 1.29 is 19.1 Å². The van der Waals surface area contributed by atoms with E-state index in [4.69, 9.17) is 32.7 Å². The highest BCUT2D eigenvalue weighted by atomic mass is 35.5. The van der Waals surface area contributed by atoms with Gasteiger partial charge in [0, 0.05) is 28.2 Å². The molecule has 2 aliphatic rings. The second-order valence-electron chi connectivity index (χ2n) is 12.2. The Morgan fingerprint density at radius 2 is 1.16 bits per heavy atom. The Balaban J connectivity index is 1.59. The highest BCUT2D eigenvalue weighted by Gasteiger charge is 2.38. The molecule has 44 heavy (non-hydrogen) atoms.